The van der Waals surface area contributed by atoms with Crippen LogP contribution in [-0.4, -0.2) is 22.3 Å². The van der Waals surface area contributed by atoms with E-state index in [2.05, 4.69) is 10.1 Å². The fourth-order valence-electron chi connectivity index (χ4n) is 1.68. The lowest BCUT2D eigenvalue weighted by molar-refractivity contribution is 0.0698. The molecule has 21 heavy (non-hydrogen) atoms. The van der Waals surface area contributed by atoms with Crippen molar-refractivity contribution in [3.8, 4) is 5.75 Å². The van der Waals surface area contributed by atoms with Crippen LogP contribution < -0.4 is 10.1 Å². The summed E-state index contributed by atoms with van der Waals surface area (Å²) in [5.74, 6) is -1.34. The molecule has 0 heterocycles. The Morgan fingerprint density at radius 2 is 1.76 bits per heavy atom. The smallest absolute Gasteiger partial charge is 0.478 e. The van der Waals surface area contributed by atoms with Gasteiger partial charge in [0.15, 0.2) is 5.75 Å². The number of rotatable bonds is 4. The molecule has 0 fully saturated rings. The van der Waals surface area contributed by atoms with E-state index >= 15 is 0 Å². The summed E-state index contributed by atoms with van der Waals surface area (Å²) < 4.78 is 4.51. The van der Waals surface area contributed by atoms with Crippen LogP contribution in [0.15, 0.2) is 42.5 Å². The van der Waals surface area contributed by atoms with Crippen LogP contribution in [0.4, 0.5) is 16.2 Å². The standard InChI is InChI=1S/C14H10ClNO5/c15-10-6-9(13(17)18)11(7-12(10)21-14(19)20)16-8-4-2-1-3-5-8/h1-7,16H,(H,17,18)(H,19,20). The summed E-state index contributed by atoms with van der Waals surface area (Å²) in [5.41, 5.74) is 0.722. The van der Waals surface area contributed by atoms with Crippen LogP contribution in [-0.2, 0) is 0 Å². The Hall–Kier alpha value is -2.73. The highest BCUT2D eigenvalue weighted by Crippen LogP contribution is 2.33. The first kappa shape index (κ1) is 14.7. The maximum atomic E-state index is 11.2. The average Bonchev–Trinajstić information content (AvgIpc) is 2.42. The van der Waals surface area contributed by atoms with E-state index in [1.165, 1.54) is 6.07 Å². The van der Waals surface area contributed by atoms with Gasteiger partial charge in [0.25, 0.3) is 0 Å². The fourth-order valence-corrected chi connectivity index (χ4v) is 1.89. The Morgan fingerprint density at radius 3 is 2.33 bits per heavy atom. The second-order valence-corrected chi connectivity index (χ2v) is 4.40. The molecule has 3 N–H and O–H groups in total. The van der Waals surface area contributed by atoms with E-state index < -0.39 is 12.1 Å². The number of ether oxygens (including phenoxy) is 1. The highest BCUT2D eigenvalue weighted by Gasteiger charge is 2.17. The zero-order valence-corrected chi connectivity index (χ0v) is 11.3. The third-order valence-corrected chi connectivity index (χ3v) is 2.85. The maximum absolute atomic E-state index is 11.2. The van der Waals surface area contributed by atoms with Gasteiger partial charge in [0.1, 0.15) is 0 Å². The number of hydrogen-bond acceptors (Lipinski definition) is 4. The van der Waals surface area contributed by atoms with E-state index in [9.17, 15) is 14.7 Å². The molecule has 6 nitrogen and oxygen atoms in total. The van der Waals surface area contributed by atoms with Crippen molar-refractivity contribution in [3.63, 3.8) is 0 Å². The second kappa shape index (κ2) is 6.15. The molecule has 108 valence electrons. The van der Waals surface area contributed by atoms with Crippen LogP contribution in [0.2, 0.25) is 5.02 Å². The summed E-state index contributed by atoms with van der Waals surface area (Å²) in [6.07, 6.45) is -1.54. The van der Waals surface area contributed by atoms with Crippen molar-refractivity contribution >= 4 is 35.1 Å². The first-order chi connectivity index (χ1) is 9.97. The van der Waals surface area contributed by atoms with Crippen LogP contribution in [0.3, 0.4) is 0 Å². The van der Waals surface area contributed by atoms with Crippen LogP contribution in [0.5, 0.6) is 5.75 Å². The minimum atomic E-state index is -1.54. The lowest BCUT2D eigenvalue weighted by Crippen LogP contribution is -2.07. The predicted molar refractivity (Wildman–Crippen MR) is 76.8 cm³/mol. The van der Waals surface area contributed by atoms with Gasteiger partial charge in [0, 0.05) is 11.8 Å². The number of carboxylic acid groups (broad SMARTS) is 2. The predicted octanol–water partition coefficient (Wildman–Crippen LogP) is 3.84. The van der Waals surface area contributed by atoms with Gasteiger partial charge in [-0.3, -0.25) is 0 Å². The summed E-state index contributed by atoms with van der Waals surface area (Å²) in [6.45, 7) is 0. The molecule has 0 aliphatic rings. The molecule has 0 atom stereocenters. The fraction of sp³-hybridized carbons (Fsp3) is 0. The van der Waals surface area contributed by atoms with Crippen molar-refractivity contribution in [2.75, 3.05) is 5.32 Å². The number of carbonyl (C=O) groups is 2. The number of aromatic carboxylic acids is 1. The molecule has 2 aromatic carbocycles. The Labute approximate surface area is 124 Å². The molecular formula is C14H10ClNO5. The molecular weight excluding hydrogens is 298 g/mol. The Morgan fingerprint density at radius 1 is 1.10 bits per heavy atom. The first-order valence-corrected chi connectivity index (χ1v) is 6.15. The SMILES string of the molecule is O=C(O)Oc1cc(Nc2ccccc2)c(C(=O)O)cc1Cl. The van der Waals surface area contributed by atoms with Gasteiger partial charge < -0.3 is 20.3 Å². The molecule has 7 heteroatoms. The first-order valence-electron chi connectivity index (χ1n) is 5.77. The topological polar surface area (TPSA) is 95.9 Å². The molecule has 0 spiro atoms. The van der Waals surface area contributed by atoms with E-state index in [0.29, 0.717) is 5.69 Å². The number of halogens is 1. The van der Waals surface area contributed by atoms with Crippen LogP contribution in [0, 0.1) is 0 Å². The van der Waals surface area contributed by atoms with Gasteiger partial charge in [-0.05, 0) is 18.2 Å². The summed E-state index contributed by atoms with van der Waals surface area (Å²) >= 11 is 5.81. The molecule has 2 rings (SSSR count). The van der Waals surface area contributed by atoms with Gasteiger partial charge in [-0.25, -0.2) is 9.59 Å². The van der Waals surface area contributed by atoms with Crippen molar-refractivity contribution < 1.29 is 24.5 Å². The summed E-state index contributed by atoms with van der Waals surface area (Å²) in [7, 11) is 0. The normalized spacial score (nSPS) is 9.95. The molecule has 0 amide bonds. The lowest BCUT2D eigenvalue weighted by atomic mass is 10.1. The number of benzene rings is 2. The quantitative estimate of drug-likeness (QED) is 0.586. The van der Waals surface area contributed by atoms with Crippen molar-refractivity contribution in [1.82, 2.24) is 0 Å². The van der Waals surface area contributed by atoms with Gasteiger partial charge >= 0.3 is 12.1 Å². The summed E-state index contributed by atoms with van der Waals surface area (Å²) in [5, 5.41) is 20.6. The van der Waals surface area contributed by atoms with E-state index in [0.717, 1.165) is 6.07 Å². The van der Waals surface area contributed by atoms with E-state index in [1.807, 2.05) is 6.07 Å². The van der Waals surface area contributed by atoms with Crippen molar-refractivity contribution in [2.24, 2.45) is 0 Å². The van der Waals surface area contributed by atoms with E-state index in [1.54, 1.807) is 24.3 Å². The van der Waals surface area contributed by atoms with Crippen LogP contribution >= 0.6 is 11.6 Å². The Kier molecular flexibility index (Phi) is 4.30. The van der Waals surface area contributed by atoms with Gasteiger partial charge in [0.2, 0.25) is 0 Å². The van der Waals surface area contributed by atoms with Gasteiger partial charge in [-0.1, -0.05) is 29.8 Å². The number of carboxylic acids is 1. The van der Waals surface area contributed by atoms with Gasteiger partial charge in [-0.15, -0.1) is 0 Å². The largest absolute Gasteiger partial charge is 0.511 e. The van der Waals surface area contributed by atoms with Crippen molar-refractivity contribution in [3.05, 3.63) is 53.1 Å². The van der Waals surface area contributed by atoms with E-state index in [4.69, 9.17) is 16.7 Å². The molecule has 0 radical (unpaired) electrons. The zero-order valence-electron chi connectivity index (χ0n) is 10.5. The average molecular weight is 308 g/mol. The van der Waals surface area contributed by atoms with Gasteiger partial charge in [-0.2, -0.15) is 0 Å². The molecule has 0 saturated carbocycles. The molecule has 0 bridgehead atoms. The summed E-state index contributed by atoms with van der Waals surface area (Å²) in [4.78, 5) is 21.8. The van der Waals surface area contributed by atoms with Crippen molar-refractivity contribution in [1.29, 1.82) is 0 Å². The molecule has 0 aliphatic carbocycles. The molecule has 0 aliphatic heterocycles. The molecule has 0 unspecified atom stereocenters. The number of hydrogen-bond donors (Lipinski definition) is 3. The van der Waals surface area contributed by atoms with E-state index in [-0.39, 0.29) is 22.0 Å². The second-order valence-electron chi connectivity index (χ2n) is 3.99. The molecule has 0 aromatic heterocycles. The third kappa shape index (κ3) is 3.64. The monoisotopic (exact) mass is 307 g/mol. The van der Waals surface area contributed by atoms with Crippen LogP contribution in [0.1, 0.15) is 10.4 Å². The highest BCUT2D eigenvalue weighted by molar-refractivity contribution is 6.32. The zero-order chi connectivity index (χ0) is 15.4. The Bertz CT molecular complexity index is 687. The van der Waals surface area contributed by atoms with Gasteiger partial charge in [0.05, 0.1) is 16.3 Å². The molecule has 2 aromatic rings. The number of anilines is 2. The minimum absolute atomic E-state index is 0.0957. The highest BCUT2D eigenvalue weighted by atomic mass is 35.5. The number of nitrogens with one attached hydrogen (secondary N) is 1. The molecule has 0 saturated heterocycles. The maximum Gasteiger partial charge on any atom is 0.511 e. The van der Waals surface area contributed by atoms with Crippen molar-refractivity contribution in [2.45, 2.75) is 0 Å². The van der Waals surface area contributed by atoms with Crippen LogP contribution in [0.25, 0.3) is 0 Å². The number of para-hydroxylation sites is 1. The lowest BCUT2D eigenvalue weighted by Gasteiger charge is -2.12. The third-order valence-electron chi connectivity index (χ3n) is 2.55. The Balaban J connectivity index is 2.45. The summed E-state index contributed by atoms with van der Waals surface area (Å²) in [6, 6.07) is 11.2. The minimum Gasteiger partial charge on any atom is -0.478 e.